The molecule has 3 aromatic rings. The lowest BCUT2D eigenvalue weighted by Gasteiger charge is -2.09. The van der Waals surface area contributed by atoms with Crippen LogP contribution in [-0.2, 0) is 0 Å². The van der Waals surface area contributed by atoms with Crippen LogP contribution < -0.4 is 5.32 Å². The van der Waals surface area contributed by atoms with Crippen molar-refractivity contribution >= 4 is 16.8 Å². The van der Waals surface area contributed by atoms with Crippen LogP contribution in [-0.4, -0.2) is 34.5 Å². The summed E-state index contributed by atoms with van der Waals surface area (Å²) < 4.78 is 18.9. The Morgan fingerprint density at radius 1 is 1.23 bits per heavy atom. The molecule has 1 aromatic heterocycles. The molecule has 0 saturated heterocycles. The number of halogens is 1. The summed E-state index contributed by atoms with van der Waals surface area (Å²) >= 11 is 0. The second-order valence-corrected chi connectivity index (χ2v) is 4.93. The van der Waals surface area contributed by atoms with E-state index in [9.17, 15) is 9.50 Å². The Kier molecular flexibility index (Phi) is 4.04. The standard InChI is InChI=1S/C16H15FN2O3/c17-11-3-1-2-10(6-11)16-19-14-7-12(4-5-15(14)22-16)18-8-13(21)9-20/h1-7,13,18,20-21H,8-9H2. The van der Waals surface area contributed by atoms with Crippen molar-refractivity contribution in [1.29, 1.82) is 0 Å². The van der Waals surface area contributed by atoms with Crippen molar-refractivity contribution < 1.29 is 19.0 Å². The van der Waals surface area contributed by atoms with Gasteiger partial charge in [0.25, 0.3) is 0 Å². The number of hydrogen-bond donors (Lipinski definition) is 3. The van der Waals surface area contributed by atoms with Gasteiger partial charge in [-0.05, 0) is 36.4 Å². The number of aliphatic hydroxyl groups is 2. The van der Waals surface area contributed by atoms with Gasteiger partial charge in [0.1, 0.15) is 11.3 Å². The monoisotopic (exact) mass is 302 g/mol. The van der Waals surface area contributed by atoms with Crippen LogP contribution >= 0.6 is 0 Å². The minimum Gasteiger partial charge on any atom is -0.436 e. The normalized spacial score (nSPS) is 12.5. The van der Waals surface area contributed by atoms with E-state index in [0.717, 1.165) is 5.69 Å². The second-order valence-electron chi connectivity index (χ2n) is 4.93. The molecule has 5 nitrogen and oxygen atoms in total. The van der Waals surface area contributed by atoms with Gasteiger partial charge in [-0.2, -0.15) is 0 Å². The molecule has 0 bridgehead atoms. The molecule has 0 aliphatic rings. The Labute approximate surface area is 126 Å². The van der Waals surface area contributed by atoms with Crippen molar-refractivity contribution in [3.63, 3.8) is 0 Å². The summed E-state index contributed by atoms with van der Waals surface area (Å²) in [7, 11) is 0. The van der Waals surface area contributed by atoms with E-state index in [0.29, 0.717) is 22.6 Å². The predicted octanol–water partition coefficient (Wildman–Crippen LogP) is 2.40. The number of oxazole rings is 1. The Balaban J connectivity index is 1.87. The number of benzene rings is 2. The first kappa shape index (κ1) is 14.5. The van der Waals surface area contributed by atoms with E-state index in [2.05, 4.69) is 10.3 Å². The zero-order chi connectivity index (χ0) is 15.5. The zero-order valence-electron chi connectivity index (χ0n) is 11.7. The molecule has 0 fully saturated rings. The fraction of sp³-hybridized carbons (Fsp3) is 0.188. The molecular weight excluding hydrogens is 287 g/mol. The summed E-state index contributed by atoms with van der Waals surface area (Å²) in [6.07, 6.45) is -0.823. The first-order valence-corrected chi connectivity index (χ1v) is 6.85. The molecule has 3 N–H and O–H groups in total. The number of nitrogens with one attached hydrogen (secondary N) is 1. The van der Waals surface area contributed by atoms with Crippen LogP contribution in [0.1, 0.15) is 0 Å². The minimum absolute atomic E-state index is 0.233. The molecule has 1 atom stereocenters. The summed E-state index contributed by atoms with van der Waals surface area (Å²) in [6.45, 7) is -0.0699. The lowest BCUT2D eigenvalue weighted by atomic mass is 10.2. The highest BCUT2D eigenvalue weighted by Gasteiger charge is 2.10. The Bertz CT molecular complexity index is 788. The van der Waals surface area contributed by atoms with Crippen molar-refractivity contribution in [2.45, 2.75) is 6.10 Å². The quantitative estimate of drug-likeness (QED) is 0.674. The van der Waals surface area contributed by atoms with Gasteiger partial charge in [-0.1, -0.05) is 6.07 Å². The van der Waals surface area contributed by atoms with E-state index >= 15 is 0 Å². The van der Waals surface area contributed by atoms with E-state index in [1.807, 2.05) is 0 Å². The molecule has 114 valence electrons. The molecule has 6 heteroatoms. The SMILES string of the molecule is OCC(O)CNc1ccc2oc(-c3cccc(F)c3)nc2c1. The first-order valence-electron chi connectivity index (χ1n) is 6.85. The number of anilines is 1. The summed E-state index contributed by atoms with van der Waals surface area (Å²) in [5.41, 5.74) is 2.54. The van der Waals surface area contributed by atoms with Gasteiger partial charge >= 0.3 is 0 Å². The summed E-state index contributed by atoms with van der Waals surface area (Å²) in [5.74, 6) is 0.00199. The molecule has 0 spiro atoms. The maximum atomic E-state index is 13.3. The summed E-state index contributed by atoms with van der Waals surface area (Å²) in [4.78, 5) is 4.35. The fourth-order valence-corrected chi connectivity index (χ4v) is 2.08. The molecule has 0 radical (unpaired) electrons. The van der Waals surface area contributed by atoms with Crippen molar-refractivity contribution in [3.8, 4) is 11.5 Å². The third-order valence-electron chi connectivity index (χ3n) is 3.21. The van der Waals surface area contributed by atoms with Crippen LogP contribution in [0.25, 0.3) is 22.6 Å². The predicted molar refractivity (Wildman–Crippen MR) is 81.0 cm³/mol. The third-order valence-corrected chi connectivity index (χ3v) is 3.21. The number of nitrogens with zero attached hydrogens (tertiary/aromatic N) is 1. The smallest absolute Gasteiger partial charge is 0.227 e. The number of aromatic nitrogens is 1. The van der Waals surface area contributed by atoms with Gasteiger partial charge in [0.05, 0.1) is 12.7 Å². The van der Waals surface area contributed by atoms with Gasteiger partial charge < -0.3 is 19.9 Å². The zero-order valence-corrected chi connectivity index (χ0v) is 11.7. The number of rotatable bonds is 5. The molecule has 0 amide bonds. The summed E-state index contributed by atoms with van der Waals surface area (Å²) in [5, 5.41) is 21.1. The highest BCUT2D eigenvalue weighted by Crippen LogP contribution is 2.26. The molecule has 0 aliphatic heterocycles. The Morgan fingerprint density at radius 3 is 2.86 bits per heavy atom. The highest BCUT2D eigenvalue weighted by atomic mass is 19.1. The third kappa shape index (κ3) is 3.08. The lowest BCUT2D eigenvalue weighted by Crippen LogP contribution is -2.22. The van der Waals surface area contributed by atoms with Crippen molar-refractivity contribution in [2.75, 3.05) is 18.5 Å². The molecule has 22 heavy (non-hydrogen) atoms. The minimum atomic E-state index is -0.823. The molecule has 2 aromatic carbocycles. The molecule has 1 unspecified atom stereocenters. The number of fused-ring (bicyclic) bond motifs is 1. The summed E-state index contributed by atoms with van der Waals surface area (Å²) in [6, 6.07) is 11.4. The Hall–Kier alpha value is -2.44. The van der Waals surface area contributed by atoms with E-state index in [1.165, 1.54) is 12.1 Å². The fourth-order valence-electron chi connectivity index (χ4n) is 2.08. The van der Waals surface area contributed by atoms with E-state index in [4.69, 9.17) is 9.52 Å². The first-order chi connectivity index (χ1) is 10.7. The molecule has 0 saturated carbocycles. The van der Waals surface area contributed by atoms with Crippen LogP contribution in [0.5, 0.6) is 0 Å². The molecule has 3 rings (SSSR count). The van der Waals surface area contributed by atoms with Crippen LogP contribution in [0.2, 0.25) is 0 Å². The van der Waals surface area contributed by atoms with Gasteiger partial charge in [0, 0.05) is 17.8 Å². The highest BCUT2D eigenvalue weighted by molar-refractivity contribution is 5.80. The van der Waals surface area contributed by atoms with Crippen LogP contribution in [0.4, 0.5) is 10.1 Å². The average Bonchev–Trinajstić information content (AvgIpc) is 2.95. The Morgan fingerprint density at radius 2 is 2.09 bits per heavy atom. The van der Waals surface area contributed by atoms with Gasteiger partial charge in [0.15, 0.2) is 5.58 Å². The molecule has 1 heterocycles. The average molecular weight is 302 g/mol. The topological polar surface area (TPSA) is 78.5 Å². The second kappa shape index (κ2) is 6.13. The van der Waals surface area contributed by atoms with E-state index < -0.39 is 6.10 Å². The van der Waals surface area contributed by atoms with Crippen molar-refractivity contribution in [1.82, 2.24) is 4.98 Å². The number of aliphatic hydroxyl groups excluding tert-OH is 2. The van der Waals surface area contributed by atoms with Gasteiger partial charge in [-0.3, -0.25) is 0 Å². The maximum Gasteiger partial charge on any atom is 0.227 e. The van der Waals surface area contributed by atoms with Gasteiger partial charge in [-0.25, -0.2) is 9.37 Å². The molecule has 0 aliphatic carbocycles. The molecular formula is C16H15FN2O3. The number of hydrogen-bond acceptors (Lipinski definition) is 5. The largest absolute Gasteiger partial charge is 0.436 e. The lowest BCUT2D eigenvalue weighted by molar-refractivity contribution is 0.105. The van der Waals surface area contributed by atoms with Crippen molar-refractivity contribution in [3.05, 3.63) is 48.3 Å². The van der Waals surface area contributed by atoms with Gasteiger partial charge in [0.2, 0.25) is 5.89 Å². The van der Waals surface area contributed by atoms with Crippen LogP contribution in [0.15, 0.2) is 46.9 Å². The van der Waals surface area contributed by atoms with Gasteiger partial charge in [-0.15, -0.1) is 0 Å². The van der Waals surface area contributed by atoms with Crippen molar-refractivity contribution in [2.24, 2.45) is 0 Å². The van der Waals surface area contributed by atoms with E-state index in [-0.39, 0.29) is 19.0 Å². The van der Waals surface area contributed by atoms with Crippen LogP contribution in [0.3, 0.4) is 0 Å². The van der Waals surface area contributed by atoms with Crippen LogP contribution in [0, 0.1) is 5.82 Å². The maximum absolute atomic E-state index is 13.3. The van der Waals surface area contributed by atoms with E-state index in [1.54, 1.807) is 30.3 Å².